The van der Waals surface area contributed by atoms with Gasteiger partial charge in [-0.05, 0) is 79.6 Å². The van der Waals surface area contributed by atoms with Gasteiger partial charge in [0.25, 0.3) is 5.91 Å². The molecule has 3 heterocycles. The topological polar surface area (TPSA) is 44.8 Å². The minimum absolute atomic E-state index is 0.228. The minimum Gasteiger partial charge on any atom is -0.380 e. The van der Waals surface area contributed by atoms with Gasteiger partial charge in [-0.3, -0.25) is 9.69 Å². The molecule has 0 saturated carbocycles. The van der Waals surface area contributed by atoms with E-state index in [1.807, 2.05) is 0 Å². The Morgan fingerprint density at radius 1 is 1.03 bits per heavy atom. The Bertz CT molecular complexity index is 928. The molecule has 170 valence electrons. The zero-order chi connectivity index (χ0) is 21.9. The average Bonchev–Trinajstić information content (AvgIpc) is 3.17. The van der Waals surface area contributed by atoms with Crippen molar-refractivity contribution in [2.45, 2.75) is 57.3 Å². The molecule has 0 spiro atoms. The number of piperidine rings is 2. The number of nitrogens with one attached hydrogen (secondary N) is 1. The van der Waals surface area contributed by atoms with Crippen LogP contribution >= 0.6 is 0 Å². The standard InChI is InChI=1S/C27H35N3O2/c1-32-19-21-6-4-20(5-7-21)17-29-13-10-22(11-14-29)23-8-9-26-24(15-23)18-30(27(26)31)25-3-2-12-28-16-25/h4-9,15,22,25,28H,2-3,10-14,16-19H2,1H3. The third-order valence-electron chi connectivity index (χ3n) is 7.47. The second kappa shape index (κ2) is 9.74. The lowest BCUT2D eigenvalue weighted by molar-refractivity contribution is 0.0674. The summed E-state index contributed by atoms with van der Waals surface area (Å²) in [6, 6.07) is 15.8. The number of fused-ring (bicyclic) bond motifs is 1. The van der Waals surface area contributed by atoms with Gasteiger partial charge in [0.15, 0.2) is 0 Å². The molecule has 3 aliphatic rings. The normalized spacial score (nSPS) is 22.3. The maximum atomic E-state index is 12.9. The van der Waals surface area contributed by atoms with E-state index in [0.717, 1.165) is 57.7 Å². The molecule has 32 heavy (non-hydrogen) atoms. The van der Waals surface area contributed by atoms with Gasteiger partial charge in [0.05, 0.1) is 6.61 Å². The van der Waals surface area contributed by atoms with E-state index in [9.17, 15) is 4.79 Å². The van der Waals surface area contributed by atoms with Gasteiger partial charge in [0.2, 0.25) is 0 Å². The Hall–Kier alpha value is -2.21. The van der Waals surface area contributed by atoms with Crippen LogP contribution in [0.25, 0.3) is 0 Å². The summed E-state index contributed by atoms with van der Waals surface area (Å²) in [5, 5.41) is 3.45. The van der Waals surface area contributed by atoms with Crippen LogP contribution in [0.3, 0.4) is 0 Å². The first-order valence-corrected chi connectivity index (χ1v) is 12.1. The number of carbonyl (C=O) groups is 1. The molecule has 1 N–H and O–H groups in total. The van der Waals surface area contributed by atoms with Crippen molar-refractivity contribution in [2.75, 3.05) is 33.3 Å². The van der Waals surface area contributed by atoms with Gasteiger partial charge >= 0.3 is 0 Å². The van der Waals surface area contributed by atoms with Crippen LogP contribution in [0.15, 0.2) is 42.5 Å². The Kier molecular flexibility index (Phi) is 6.58. The van der Waals surface area contributed by atoms with E-state index >= 15 is 0 Å². The van der Waals surface area contributed by atoms with Crippen molar-refractivity contribution >= 4 is 5.91 Å². The first-order valence-electron chi connectivity index (χ1n) is 12.1. The molecule has 2 aromatic rings. The van der Waals surface area contributed by atoms with Crippen LogP contribution in [0.5, 0.6) is 0 Å². The number of methoxy groups -OCH3 is 1. The summed E-state index contributed by atoms with van der Waals surface area (Å²) in [4.78, 5) is 17.6. The molecule has 5 heteroatoms. The molecule has 2 fully saturated rings. The van der Waals surface area contributed by atoms with Crippen molar-refractivity contribution < 1.29 is 9.53 Å². The highest BCUT2D eigenvalue weighted by Gasteiger charge is 2.34. The van der Waals surface area contributed by atoms with Gasteiger partial charge < -0.3 is 15.0 Å². The van der Waals surface area contributed by atoms with E-state index in [4.69, 9.17) is 4.74 Å². The van der Waals surface area contributed by atoms with Crippen LogP contribution in [0.4, 0.5) is 0 Å². The number of hydrogen-bond acceptors (Lipinski definition) is 4. The number of hydrogen-bond donors (Lipinski definition) is 1. The van der Waals surface area contributed by atoms with Gasteiger partial charge in [0.1, 0.15) is 0 Å². The van der Waals surface area contributed by atoms with Crippen LogP contribution in [0, 0.1) is 0 Å². The van der Waals surface area contributed by atoms with Crippen LogP contribution in [0.1, 0.15) is 64.2 Å². The summed E-state index contributed by atoms with van der Waals surface area (Å²) in [6.45, 7) is 6.73. The number of nitrogens with zero attached hydrogens (tertiary/aromatic N) is 2. The maximum Gasteiger partial charge on any atom is 0.254 e. The van der Waals surface area contributed by atoms with Crippen molar-refractivity contribution in [2.24, 2.45) is 0 Å². The van der Waals surface area contributed by atoms with Gasteiger partial charge in [-0.15, -0.1) is 0 Å². The zero-order valence-electron chi connectivity index (χ0n) is 19.2. The molecule has 0 aliphatic carbocycles. The zero-order valence-corrected chi connectivity index (χ0v) is 19.2. The summed E-state index contributed by atoms with van der Waals surface area (Å²) in [7, 11) is 1.74. The first-order chi connectivity index (χ1) is 15.7. The lowest BCUT2D eigenvalue weighted by Crippen LogP contribution is -2.46. The largest absolute Gasteiger partial charge is 0.380 e. The number of amides is 1. The minimum atomic E-state index is 0.228. The van der Waals surface area contributed by atoms with Crippen molar-refractivity contribution in [3.8, 4) is 0 Å². The molecule has 0 aromatic heterocycles. The van der Waals surface area contributed by atoms with E-state index < -0.39 is 0 Å². The molecule has 1 unspecified atom stereocenters. The van der Waals surface area contributed by atoms with Gasteiger partial charge in [-0.25, -0.2) is 0 Å². The molecular formula is C27H35N3O2. The van der Waals surface area contributed by atoms with E-state index in [0.29, 0.717) is 18.6 Å². The highest BCUT2D eigenvalue weighted by molar-refractivity contribution is 5.98. The molecule has 1 atom stereocenters. The lowest BCUT2D eigenvalue weighted by atomic mass is 9.87. The van der Waals surface area contributed by atoms with Crippen molar-refractivity contribution in [3.05, 3.63) is 70.3 Å². The number of benzene rings is 2. The molecule has 1 amide bonds. The Balaban J connectivity index is 1.17. The Labute approximate surface area is 191 Å². The fraction of sp³-hybridized carbons (Fsp3) is 0.519. The second-order valence-corrected chi connectivity index (χ2v) is 9.65. The molecule has 3 aliphatic heterocycles. The van der Waals surface area contributed by atoms with Gasteiger partial charge in [0, 0.05) is 38.3 Å². The van der Waals surface area contributed by atoms with Crippen LogP contribution < -0.4 is 5.32 Å². The second-order valence-electron chi connectivity index (χ2n) is 9.65. The summed E-state index contributed by atoms with van der Waals surface area (Å²) in [6.07, 6.45) is 4.65. The highest BCUT2D eigenvalue weighted by atomic mass is 16.5. The maximum absolute atomic E-state index is 12.9. The predicted molar refractivity (Wildman–Crippen MR) is 127 cm³/mol. The van der Waals surface area contributed by atoms with E-state index in [-0.39, 0.29) is 5.91 Å². The fourth-order valence-corrected chi connectivity index (χ4v) is 5.60. The molecular weight excluding hydrogens is 398 g/mol. The van der Waals surface area contributed by atoms with E-state index in [2.05, 4.69) is 57.6 Å². The number of carbonyl (C=O) groups excluding carboxylic acids is 1. The average molecular weight is 434 g/mol. The molecule has 0 radical (unpaired) electrons. The monoisotopic (exact) mass is 433 g/mol. The smallest absolute Gasteiger partial charge is 0.254 e. The van der Waals surface area contributed by atoms with Gasteiger partial charge in [-0.2, -0.15) is 0 Å². The molecule has 2 saturated heterocycles. The van der Waals surface area contributed by atoms with Crippen LogP contribution in [0.2, 0.25) is 0 Å². The number of rotatable bonds is 6. The molecule has 5 nitrogen and oxygen atoms in total. The first kappa shape index (κ1) is 21.6. The number of likely N-dealkylation sites (tertiary alicyclic amines) is 1. The SMILES string of the molecule is COCc1ccc(CN2CCC(c3ccc4c(c3)CN(C3CCCNC3)C4=O)CC2)cc1. The third-order valence-corrected chi connectivity index (χ3v) is 7.47. The van der Waals surface area contributed by atoms with Crippen molar-refractivity contribution in [3.63, 3.8) is 0 Å². The van der Waals surface area contributed by atoms with E-state index in [1.54, 1.807) is 7.11 Å². The molecule has 2 aromatic carbocycles. The quantitative estimate of drug-likeness (QED) is 0.750. The van der Waals surface area contributed by atoms with Crippen LogP contribution in [-0.4, -0.2) is 55.0 Å². The lowest BCUT2D eigenvalue weighted by Gasteiger charge is -2.32. The Morgan fingerprint density at radius 2 is 1.81 bits per heavy atom. The predicted octanol–water partition coefficient (Wildman–Crippen LogP) is 3.92. The molecule has 5 rings (SSSR count). The summed E-state index contributed by atoms with van der Waals surface area (Å²) >= 11 is 0. The van der Waals surface area contributed by atoms with Crippen molar-refractivity contribution in [1.29, 1.82) is 0 Å². The summed E-state index contributed by atoms with van der Waals surface area (Å²) < 4.78 is 5.21. The fourth-order valence-electron chi connectivity index (χ4n) is 5.60. The third kappa shape index (κ3) is 4.61. The highest BCUT2D eigenvalue weighted by Crippen LogP contribution is 2.33. The Morgan fingerprint density at radius 3 is 2.53 bits per heavy atom. The molecule has 0 bridgehead atoms. The summed E-state index contributed by atoms with van der Waals surface area (Å²) in [5.41, 5.74) is 6.18. The van der Waals surface area contributed by atoms with Gasteiger partial charge in [-0.1, -0.05) is 36.4 Å². The van der Waals surface area contributed by atoms with Crippen LogP contribution in [-0.2, 0) is 24.4 Å². The van der Waals surface area contributed by atoms with E-state index in [1.165, 1.54) is 35.1 Å². The number of ether oxygens (including phenoxy) is 1. The van der Waals surface area contributed by atoms with Crippen molar-refractivity contribution in [1.82, 2.24) is 15.1 Å². The summed E-state index contributed by atoms with van der Waals surface area (Å²) in [5.74, 6) is 0.827.